The van der Waals surface area contributed by atoms with E-state index in [1.807, 2.05) is 7.11 Å². The minimum atomic E-state index is -0.168. The third-order valence-corrected chi connectivity index (χ3v) is 17.2. The summed E-state index contributed by atoms with van der Waals surface area (Å²) in [4.78, 5) is 29.4. The molecule has 0 radical (unpaired) electrons. The molecule has 1 amide bonds. The lowest BCUT2D eigenvalue weighted by Gasteiger charge is -2.72. The number of rotatable bonds is 4. The molecule has 44 heavy (non-hydrogen) atoms. The number of likely N-dealkylation sites (tertiary alicyclic amines) is 1. The molecule has 1 saturated heterocycles. The van der Waals surface area contributed by atoms with E-state index in [0.717, 1.165) is 44.7 Å². The summed E-state index contributed by atoms with van der Waals surface area (Å²) < 4.78 is 11.7. The molecule has 0 N–H and O–H groups in total. The van der Waals surface area contributed by atoms with E-state index in [0.29, 0.717) is 35.7 Å². The molecular formula is C39H63NO4. The maximum atomic E-state index is 15.1. The highest BCUT2D eigenvalue weighted by Crippen LogP contribution is 2.79. The summed E-state index contributed by atoms with van der Waals surface area (Å²) in [6.45, 7) is 18.7. The first-order valence-electron chi connectivity index (χ1n) is 18.7. The van der Waals surface area contributed by atoms with Gasteiger partial charge in [0.15, 0.2) is 0 Å². The molecule has 5 nitrogen and oxygen atoms in total. The number of hydrogen-bond acceptors (Lipinski definition) is 4. The molecule has 7 aliphatic rings. The van der Waals surface area contributed by atoms with Gasteiger partial charge in [-0.25, -0.2) is 0 Å². The molecule has 0 aromatic rings. The number of nitrogens with zero attached hydrogens (tertiary/aromatic N) is 1. The zero-order chi connectivity index (χ0) is 31.5. The molecule has 1 heterocycles. The Kier molecular flexibility index (Phi) is 7.30. The number of carbonyl (C=O) groups excluding carboxylic acids is 2. The molecule has 0 aromatic carbocycles. The van der Waals surface area contributed by atoms with Crippen LogP contribution in [0, 0.1) is 62.1 Å². The van der Waals surface area contributed by atoms with Gasteiger partial charge in [0.1, 0.15) is 6.10 Å². The largest absolute Gasteiger partial charge is 0.462 e. The molecule has 7 rings (SSSR count). The normalized spacial score (nSPS) is 49.2. The van der Waals surface area contributed by atoms with Gasteiger partial charge in [-0.05, 0) is 141 Å². The van der Waals surface area contributed by atoms with Crippen molar-refractivity contribution in [2.24, 2.45) is 62.1 Å². The van der Waals surface area contributed by atoms with Crippen molar-refractivity contribution < 1.29 is 19.1 Å². The van der Waals surface area contributed by atoms with Gasteiger partial charge in [0, 0.05) is 32.5 Å². The van der Waals surface area contributed by atoms with Gasteiger partial charge >= 0.3 is 5.97 Å². The topological polar surface area (TPSA) is 55.8 Å². The molecule has 10 unspecified atom stereocenters. The van der Waals surface area contributed by atoms with Crippen LogP contribution in [0.25, 0.3) is 0 Å². The van der Waals surface area contributed by atoms with E-state index in [9.17, 15) is 4.79 Å². The summed E-state index contributed by atoms with van der Waals surface area (Å²) >= 11 is 0. The number of amides is 1. The van der Waals surface area contributed by atoms with Crippen molar-refractivity contribution in [1.29, 1.82) is 0 Å². The molecule has 0 aromatic heterocycles. The first-order chi connectivity index (χ1) is 20.7. The molecule has 6 saturated carbocycles. The fourth-order valence-corrected chi connectivity index (χ4v) is 14.5. The van der Waals surface area contributed by atoms with Crippen molar-refractivity contribution in [2.75, 3.05) is 20.2 Å². The molecule has 10 atom stereocenters. The Labute approximate surface area is 268 Å². The van der Waals surface area contributed by atoms with Crippen LogP contribution in [0.2, 0.25) is 0 Å². The second kappa shape index (κ2) is 10.2. The highest BCUT2D eigenvalue weighted by atomic mass is 16.5. The van der Waals surface area contributed by atoms with E-state index < -0.39 is 0 Å². The predicted octanol–water partition coefficient (Wildman–Crippen LogP) is 8.44. The molecular weight excluding hydrogens is 546 g/mol. The molecule has 248 valence electrons. The fourth-order valence-electron chi connectivity index (χ4n) is 14.5. The minimum absolute atomic E-state index is 0.000723. The summed E-state index contributed by atoms with van der Waals surface area (Å²) in [6, 6.07) is 0. The van der Waals surface area contributed by atoms with E-state index >= 15 is 4.79 Å². The molecule has 1 aliphatic heterocycles. The summed E-state index contributed by atoms with van der Waals surface area (Å²) in [5, 5.41) is 0. The second-order valence-electron chi connectivity index (χ2n) is 18.7. The lowest BCUT2D eigenvalue weighted by atomic mass is 9.32. The van der Waals surface area contributed by atoms with Gasteiger partial charge in [0.25, 0.3) is 0 Å². The van der Waals surface area contributed by atoms with Crippen molar-refractivity contribution >= 4 is 11.9 Å². The third kappa shape index (κ3) is 4.04. The van der Waals surface area contributed by atoms with Crippen LogP contribution >= 0.6 is 0 Å². The van der Waals surface area contributed by atoms with Crippen LogP contribution in [0.1, 0.15) is 138 Å². The Bertz CT molecular complexity index is 1170. The standard InChI is InChI=1S/C39H63NO4/c1-25(41)44-31-14-17-36(5)29(34(31,2)3)13-19-38(7)30(36)10-9-28-32-26(11-18-37(28,38)6)12-20-39(32,35(4)21-22-35)33(42)40-23-15-27(43-8)16-24-40/h26-32H,9-24H2,1-8H3. The summed E-state index contributed by atoms with van der Waals surface area (Å²) in [5.74, 6) is 3.59. The number of methoxy groups -OCH3 is 1. The van der Waals surface area contributed by atoms with E-state index in [4.69, 9.17) is 9.47 Å². The van der Waals surface area contributed by atoms with E-state index in [-0.39, 0.29) is 44.6 Å². The highest BCUT2D eigenvalue weighted by molar-refractivity contribution is 5.85. The summed E-state index contributed by atoms with van der Waals surface area (Å²) in [5.41, 5.74) is 0.841. The Morgan fingerprint density at radius 3 is 2.00 bits per heavy atom. The smallest absolute Gasteiger partial charge is 0.302 e. The van der Waals surface area contributed by atoms with Gasteiger partial charge in [-0.3, -0.25) is 9.59 Å². The zero-order valence-electron chi connectivity index (χ0n) is 29.4. The van der Waals surface area contributed by atoms with Crippen molar-refractivity contribution in [1.82, 2.24) is 4.90 Å². The van der Waals surface area contributed by atoms with Gasteiger partial charge in [-0.2, -0.15) is 0 Å². The van der Waals surface area contributed by atoms with Gasteiger partial charge < -0.3 is 14.4 Å². The van der Waals surface area contributed by atoms with Crippen LogP contribution in [-0.2, 0) is 19.1 Å². The molecule has 0 spiro atoms. The maximum absolute atomic E-state index is 15.1. The molecule has 7 fully saturated rings. The van der Waals surface area contributed by atoms with E-state index in [2.05, 4.69) is 46.4 Å². The lowest BCUT2D eigenvalue weighted by Crippen LogP contribution is -2.67. The van der Waals surface area contributed by atoms with E-state index in [1.165, 1.54) is 64.2 Å². The second-order valence-corrected chi connectivity index (χ2v) is 18.7. The van der Waals surface area contributed by atoms with Gasteiger partial charge in [0.2, 0.25) is 5.91 Å². The number of hydrogen-bond donors (Lipinski definition) is 0. The first-order valence-corrected chi connectivity index (χ1v) is 18.7. The number of piperidine rings is 1. The van der Waals surface area contributed by atoms with Gasteiger partial charge in [-0.15, -0.1) is 0 Å². The maximum Gasteiger partial charge on any atom is 0.302 e. The molecule has 6 aliphatic carbocycles. The Morgan fingerprint density at radius 1 is 0.705 bits per heavy atom. The van der Waals surface area contributed by atoms with Crippen molar-refractivity contribution in [2.45, 2.75) is 151 Å². The molecule has 5 heteroatoms. The summed E-state index contributed by atoms with van der Waals surface area (Å²) in [6.07, 6.45) is 17.1. The van der Waals surface area contributed by atoms with Crippen LogP contribution < -0.4 is 0 Å². The average molecular weight is 610 g/mol. The number of ether oxygens (including phenoxy) is 2. The SMILES string of the molecule is COC1CCN(C(=O)C2(C3(C)CC3)CCC3CCC4(C)C(CCC5C6(C)CCC(OC(C)=O)C(C)(C)C6CCC54C)C32)CC1. The Hall–Kier alpha value is -1.10. The van der Waals surface area contributed by atoms with Crippen molar-refractivity contribution in [3.05, 3.63) is 0 Å². The van der Waals surface area contributed by atoms with Crippen LogP contribution in [0.4, 0.5) is 0 Å². The van der Waals surface area contributed by atoms with E-state index in [1.54, 1.807) is 6.92 Å². The predicted molar refractivity (Wildman–Crippen MR) is 174 cm³/mol. The summed E-state index contributed by atoms with van der Waals surface area (Å²) in [7, 11) is 1.83. The van der Waals surface area contributed by atoms with Gasteiger partial charge in [0.05, 0.1) is 11.5 Å². The number of carbonyl (C=O) groups is 2. The van der Waals surface area contributed by atoms with Crippen LogP contribution in [-0.4, -0.2) is 49.2 Å². The molecule has 0 bridgehead atoms. The number of esters is 1. The first kappa shape index (κ1) is 31.5. The number of fused-ring (bicyclic) bond motifs is 7. The third-order valence-electron chi connectivity index (χ3n) is 17.2. The quantitative estimate of drug-likeness (QED) is 0.300. The van der Waals surface area contributed by atoms with Crippen LogP contribution in [0.15, 0.2) is 0 Å². The Balaban J connectivity index is 1.22. The minimum Gasteiger partial charge on any atom is -0.462 e. The fraction of sp³-hybridized carbons (Fsp3) is 0.949. The average Bonchev–Trinajstić information content (AvgIpc) is 3.61. The van der Waals surface area contributed by atoms with Crippen LogP contribution in [0.3, 0.4) is 0 Å². The van der Waals surface area contributed by atoms with Gasteiger partial charge in [-0.1, -0.05) is 41.5 Å². The Morgan fingerprint density at radius 2 is 1.36 bits per heavy atom. The van der Waals surface area contributed by atoms with Crippen molar-refractivity contribution in [3.8, 4) is 0 Å². The van der Waals surface area contributed by atoms with Crippen LogP contribution in [0.5, 0.6) is 0 Å². The van der Waals surface area contributed by atoms with Crippen molar-refractivity contribution in [3.63, 3.8) is 0 Å². The highest BCUT2D eigenvalue weighted by Gasteiger charge is 2.75. The monoisotopic (exact) mass is 609 g/mol. The zero-order valence-corrected chi connectivity index (χ0v) is 29.4. The lowest BCUT2D eigenvalue weighted by molar-refractivity contribution is -0.249.